The van der Waals surface area contributed by atoms with Crippen LogP contribution >= 0.6 is 0 Å². The molecule has 0 bridgehead atoms. The Balaban J connectivity index is 1.51. The van der Waals surface area contributed by atoms with E-state index in [9.17, 15) is 0 Å². The first-order valence-corrected chi connectivity index (χ1v) is 10.8. The Hall–Kier alpha value is -1.95. The summed E-state index contributed by atoms with van der Waals surface area (Å²) >= 11 is 0. The first kappa shape index (κ1) is 20.8. The van der Waals surface area contributed by atoms with Crippen LogP contribution in [0.2, 0.25) is 0 Å². The maximum atomic E-state index is 5.53. The number of methoxy groups -OCH3 is 1. The number of likely N-dealkylation sites (N-methyl/N-ethyl adjacent to an activating group) is 1. The number of hydrogen-bond acceptors (Lipinski definition) is 4. The molecule has 1 heterocycles. The van der Waals surface area contributed by atoms with E-state index in [2.05, 4.69) is 46.5 Å². The summed E-state index contributed by atoms with van der Waals surface area (Å²) in [6.45, 7) is 6.87. The van der Waals surface area contributed by atoms with Crippen LogP contribution in [0, 0.1) is 0 Å². The molecule has 2 fully saturated rings. The Morgan fingerprint density at radius 3 is 2.79 bits per heavy atom. The molecule has 2 N–H and O–H groups in total. The number of rotatable bonds is 8. The van der Waals surface area contributed by atoms with Gasteiger partial charge in [-0.2, -0.15) is 0 Å². The Labute approximate surface area is 170 Å². The van der Waals surface area contributed by atoms with Gasteiger partial charge in [0.2, 0.25) is 0 Å². The zero-order chi connectivity index (χ0) is 19.8. The van der Waals surface area contributed by atoms with Gasteiger partial charge in [0.25, 0.3) is 0 Å². The summed E-state index contributed by atoms with van der Waals surface area (Å²) in [6.07, 6.45) is 6.56. The minimum atomic E-state index is 0.398. The number of ether oxygens (including phenoxy) is 1. The molecule has 3 rings (SSSR count). The molecule has 0 amide bonds. The van der Waals surface area contributed by atoms with Crippen LogP contribution in [-0.4, -0.2) is 69.8 Å². The topological polar surface area (TPSA) is 52.1 Å². The molecule has 156 valence electrons. The van der Waals surface area contributed by atoms with Crippen molar-refractivity contribution in [3.8, 4) is 5.75 Å². The number of nitrogens with zero attached hydrogens (tertiary/aromatic N) is 3. The molecule has 28 heavy (non-hydrogen) atoms. The molecule has 1 atom stereocenters. The van der Waals surface area contributed by atoms with Gasteiger partial charge in [-0.3, -0.25) is 4.99 Å². The second-order valence-electron chi connectivity index (χ2n) is 7.93. The van der Waals surface area contributed by atoms with E-state index in [-0.39, 0.29) is 0 Å². The zero-order valence-electron chi connectivity index (χ0n) is 17.8. The normalized spacial score (nSPS) is 20.8. The van der Waals surface area contributed by atoms with Crippen molar-refractivity contribution in [2.24, 2.45) is 4.99 Å². The maximum absolute atomic E-state index is 5.53. The molecule has 2 aliphatic rings. The fraction of sp³-hybridized carbons (Fsp3) is 0.682. The Morgan fingerprint density at radius 2 is 2.04 bits per heavy atom. The Bertz CT molecular complexity index is 629. The van der Waals surface area contributed by atoms with E-state index in [0.717, 1.165) is 56.9 Å². The highest BCUT2D eigenvalue weighted by atomic mass is 16.5. The van der Waals surface area contributed by atoms with Gasteiger partial charge in [0.15, 0.2) is 5.96 Å². The van der Waals surface area contributed by atoms with Gasteiger partial charge in [-0.25, -0.2) is 0 Å². The number of guanidine groups is 1. The number of nitrogens with one attached hydrogen (secondary N) is 2. The summed E-state index contributed by atoms with van der Waals surface area (Å²) in [5.74, 6) is 1.88. The highest BCUT2D eigenvalue weighted by molar-refractivity contribution is 5.80. The predicted octanol–water partition coefficient (Wildman–Crippen LogP) is 2.70. The van der Waals surface area contributed by atoms with Gasteiger partial charge in [-0.1, -0.05) is 25.0 Å². The second-order valence-corrected chi connectivity index (χ2v) is 7.93. The molecular weight excluding hydrogens is 350 g/mol. The molecule has 0 aromatic heterocycles. The van der Waals surface area contributed by atoms with Crippen molar-refractivity contribution >= 4 is 11.6 Å². The quantitative estimate of drug-likeness (QED) is 0.531. The van der Waals surface area contributed by atoms with Crippen LogP contribution in [0.4, 0.5) is 5.69 Å². The van der Waals surface area contributed by atoms with Gasteiger partial charge in [0, 0.05) is 38.3 Å². The Kier molecular flexibility index (Phi) is 7.83. The van der Waals surface area contributed by atoms with E-state index in [1.54, 1.807) is 7.11 Å². The monoisotopic (exact) mass is 387 g/mol. The number of anilines is 1. The second kappa shape index (κ2) is 10.6. The van der Waals surface area contributed by atoms with E-state index >= 15 is 0 Å². The van der Waals surface area contributed by atoms with Crippen LogP contribution in [0.3, 0.4) is 0 Å². The molecule has 1 aliphatic carbocycles. The fourth-order valence-electron chi connectivity index (χ4n) is 4.35. The summed E-state index contributed by atoms with van der Waals surface area (Å²) in [5.41, 5.74) is 1.18. The Morgan fingerprint density at radius 1 is 1.25 bits per heavy atom. The third-order valence-corrected chi connectivity index (χ3v) is 5.97. The largest absolute Gasteiger partial charge is 0.495 e. The molecule has 1 aromatic carbocycles. The molecule has 6 heteroatoms. The van der Waals surface area contributed by atoms with Gasteiger partial charge in [0.1, 0.15) is 5.75 Å². The molecule has 1 saturated heterocycles. The van der Waals surface area contributed by atoms with Gasteiger partial charge in [-0.15, -0.1) is 0 Å². The van der Waals surface area contributed by atoms with Crippen molar-refractivity contribution in [1.82, 2.24) is 15.5 Å². The highest BCUT2D eigenvalue weighted by Crippen LogP contribution is 2.30. The van der Waals surface area contributed by atoms with E-state index in [1.807, 2.05) is 12.1 Å². The summed E-state index contributed by atoms with van der Waals surface area (Å²) in [5, 5.41) is 7.04. The van der Waals surface area contributed by atoms with Gasteiger partial charge < -0.3 is 25.2 Å². The van der Waals surface area contributed by atoms with Crippen molar-refractivity contribution in [2.45, 2.75) is 51.1 Å². The van der Waals surface area contributed by atoms with Crippen molar-refractivity contribution < 1.29 is 4.74 Å². The molecule has 0 radical (unpaired) electrons. The molecule has 1 unspecified atom stereocenters. The average Bonchev–Trinajstić information content (AvgIpc) is 3.40. The van der Waals surface area contributed by atoms with Crippen LogP contribution in [0.1, 0.15) is 39.0 Å². The first-order chi connectivity index (χ1) is 13.7. The fourth-order valence-corrected chi connectivity index (χ4v) is 4.35. The number of para-hydroxylation sites is 2. The van der Waals surface area contributed by atoms with Gasteiger partial charge in [0.05, 0.1) is 19.3 Å². The number of benzene rings is 1. The maximum Gasteiger partial charge on any atom is 0.191 e. The summed E-state index contributed by atoms with van der Waals surface area (Å²) in [6, 6.07) is 9.42. The molecule has 0 spiro atoms. The van der Waals surface area contributed by atoms with Crippen molar-refractivity contribution in [3.05, 3.63) is 24.3 Å². The molecule has 1 aromatic rings. The van der Waals surface area contributed by atoms with E-state index in [1.165, 1.54) is 31.4 Å². The lowest BCUT2D eigenvalue weighted by Gasteiger charge is -2.24. The standard InChI is InChI=1S/C22H37N5O/c1-4-23-22(24-14-16-26(2)19-9-5-6-10-19)25-18-13-15-27(17-18)20-11-7-8-12-21(20)28-3/h7-8,11-12,18-19H,4-6,9-10,13-17H2,1-3H3,(H2,23,24,25). The smallest absolute Gasteiger partial charge is 0.191 e. The lowest BCUT2D eigenvalue weighted by atomic mass is 10.2. The third-order valence-electron chi connectivity index (χ3n) is 5.97. The SMILES string of the molecule is CCNC(=NCCN(C)C1CCCC1)NC1CCN(c2ccccc2OC)C1. The molecule has 1 aliphatic heterocycles. The van der Waals surface area contributed by atoms with Crippen LogP contribution in [-0.2, 0) is 0 Å². The van der Waals surface area contributed by atoms with Crippen LogP contribution in [0.5, 0.6) is 5.75 Å². The zero-order valence-corrected chi connectivity index (χ0v) is 17.8. The highest BCUT2D eigenvalue weighted by Gasteiger charge is 2.25. The third kappa shape index (κ3) is 5.53. The first-order valence-electron chi connectivity index (χ1n) is 10.8. The van der Waals surface area contributed by atoms with Gasteiger partial charge >= 0.3 is 0 Å². The minimum Gasteiger partial charge on any atom is -0.495 e. The van der Waals surface area contributed by atoms with E-state index in [0.29, 0.717) is 6.04 Å². The summed E-state index contributed by atoms with van der Waals surface area (Å²) in [4.78, 5) is 9.71. The molecular formula is C22H37N5O. The number of hydrogen-bond donors (Lipinski definition) is 2. The van der Waals surface area contributed by atoms with E-state index in [4.69, 9.17) is 9.73 Å². The van der Waals surface area contributed by atoms with Crippen molar-refractivity contribution in [2.75, 3.05) is 51.8 Å². The minimum absolute atomic E-state index is 0.398. The lowest BCUT2D eigenvalue weighted by molar-refractivity contribution is 0.252. The van der Waals surface area contributed by atoms with Crippen LogP contribution in [0.25, 0.3) is 0 Å². The van der Waals surface area contributed by atoms with E-state index < -0.39 is 0 Å². The molecule has 1 saturated carbocycles. The summed E-state index contributed by atoms with van der Waals surface area (Å²) < 4.78 is 5.53. The van der Waals surface area contributed by atoms with Crippen LogP contribution in [0.15, 0.2) is 29.3 Å². The lowest BCUT2D eigenvalue weighted by Crippen LogP contribution is -2.45. The van der Waals surface area contributed by atoms with Crippen molar-refractivity contribution in [1.29, 1.82) is 0 Å². The van der Waals surface area contributed by atoms with Gasteiger partial charge in [-0.05, 0) is 45.4 Å². The number of aliphatic imine (C=N–C) groups is 1. The molecule has 6 nitrogen and oxygen atoms in total. The van der Waals surface area contributed by atoms with Crippen LogP contribution < -0.4 is 20.3 Å². The average molecular weight is 388 g/mol. The van der Waals surface area contributed by atoms with Crippen molar-refractivity contribution in [3.63, 3.8) is 0 Å². The summed E-state index contributed by atoms with van der Waals surface area (Å²) in [7, 11) is 3.98. The predicted molar refractivity (Wildman–Crippen MR) is 118 cm³/mol.